The SMILES string of the molecule is O=C(O)CN(CCN(CC(=O)O)CC(=O)O)CC(=O)O.O=P(O)(O)O.[Na+].[Na+]. The average Bonchev–Trinajstić information content (AvgIpc) is 2.30. The molecule has 0 fully saturated rings. The minimum absolute atomic E-state index is 0. The first-order valence-electron chi connectivity index (χ1n) is 6.31. The minimum atomic E-state index is -4.64. The molecule has 0 aliphatic carbocycles. The van der Waals surface area contributed by atoms with Gasteiger partial charge in [0, 0.05) is 13.1 Å². The zero-order chi connectivity index (χ0) is 20.2. The molecule has 0 amide bonds. The van der Waals surface area contributed by atoms with Gasteiger partial charge in [0.25, 0.3) is 0 Å². The van der Waals surface area contributed by atoms with E-state index in [1.54, 1.807) is 0 Å². The zero-order valence-corrected chi connectivity index (χ0v) is 19.7. The van der Waals surface area contributed by atoms with Crippen molar-refractivity contribution in [3.05, 3.63) is 0 Å². The van der Waals surface area contributed by atoms with Crippen LogP contribution in [0, 0.1) is 0 Å². The fraction of sp³-hybridized carbons (Fsp3) is 0.600. The summed E-state index contributed by atoms with van der Waals surface area (Å²) in [7, 11) is -4.64. The number of carboxylic acids is 4. The quantitative estimate of drug-likeness (QED) is 0.118. The van der Waals surface area contributed by atoms with E-state index in [0.717, 1.165) is 9.80 Å². The molecule has 0 aromatic heterocycles. The summed E-state index contributed by atoms with van der Waals surface area (Å²) in [6.07, 6.45) is 0. The molecule has 0 bridgehead atoms. The van der Waals surface area contributed by atoms with Crippen molar-refractivity contribution >= 4 is 31.7 Å². The number of phosphoric acid groups is 1. The Balaban J connectivity index is -0.000000333. The van der Waals surface area contributed by atoms with Gasteiger partial charge in [-0.3, -0.25) is 29.0 Å². The predicted molar refractivity (Wildman–Crippen MR) is 77.7 cm³/mol. The number of carbonyl (C=O) groups is 4. The minimum Gasteiger partial charge on any atom is -0.480 e. The third-order valence-corrected chi connectivity index (χ3v) is 2.17. The molecular weight excluding hydrogens is 417 g/mol. The first-order chi connectivity index (χ1) is 11.2. The van der Waals surface area contributed by atoms with E-state index in [4.69, 9.17) is 39.7 Å². The van der Waals surface area contributed by atoms with Crippen LogP contribution in [0.3, 0.4) is 0 Å². The van der Waals surface area contributed by atoms with E-state index in [9.17, 15) is 19.2 Å². The van der Waals surface area contributed by atoms with Crippen molar-refractivity contribution < 1.29 is 118 Å². The molecule has 146 valence electrons. The Kier molecular flexibility index (Phi) is 22.9. The van der Waals surface area contributed by atoms with E-state index in [2.05, 4.69) is 0 Å². The van der Waals surface area contributed by atoms with E-state index < -0.39 is 57.9 Å². The number of carboxylic acid groups (broad SMARTS) is 4. The van der Waals surface area contributed by atoms with Crippen LogP contribution in [-0.2, 0) is 23.7 Å². The van der Waals surface area contributed by atoms with Gasteiger partial charge in [0.1, 0.15) is 0 Å². The zero-order valence-electron chi connectivity index (χ0n) is 14.8. The van der Waals surface area contributed by atoms with Crippen LogP contribution >= 0.6 is 7.82 Å². The Morgan fingerprint density at radius 3 is 0.852 bits per heavy atom. The van der Waals surface area contributed by atoms with Gasteiger partial charge in [-0.05, 0) is 0 Å². The third-order valence-electron chi connectivity index (χ3n) is 2.17. The molecule has 0 aromatic carbocycles. The summed E-state index contributed by atoms with van der Waals surface area (Å²) in [5.41, 5.74) is 0. The first-order valence-corrected chi connectivity index (χ1v) is 7.87. The van der Waals surface area contributed by atoms with E-state index in [1.807, 2.05) is 0 Å². The van der Waals surface area contributed by atoms with Crippen molar-refractivity contribution in [3.8, 4) is 0 Å². The van der Waals surface area contributed by atoms with Gasteiger partial charge in [-0.25, -0.2) is 4.57 Å². The predicted octanol–water partition coefficient (Wildman–Crippen LogP) is -8.99. The molecule has 0 saturated heterocycles. The maximum Gasteiger partial charge on any atom is 1.00 e. The number of nitrogens with zero attached hydrogens (tertiary/aromatic N) is 2. The molecular formula is C10H19N2Na2O12P+2. The summed E-state index contributed by atoms with van der Waals surface area (Å²) in [6, 6.07) is 0. The number of hydrogen-bond acceptors (Lipinski definition) is 7. The average molecular weight is 436 g/mol. The molecule has 0 aliphatic heterocycles. The monoisotopic (exact) mass is 436 g/mol. The van der Waals surface area contributed by atoms with Gasteiger partial charge in [0.05, 0.1) is 26.2 Å². The molecule has 0 unspecified atom stereocenters. The van der Waals surface area contributed by atoms with Gasteiger partial charge in [-0.15, -0.1) is 0 Å². The Morgan fingerprint density at radius 1 is 0.593 bits per heavy atom. The molecule has 0 aromatic rings. The smallest absolute Gasteiger partial charge is 0.480 e. The Bertz CT molecular complexity index is 452. The van der Waals surface area contributed by atoms with Gasteiger partial charge in [-0.2, -0.15) is 0 Å². The van der Waals surface area contributed by atoms with Gasteiger partial charge < -0.3 is 35.1 Å². The Hall–Kier alpha value is -0.0900. The van der Waals surface area contributed by atoms with Crippen LogP contribution in [0.5, 0.6) is 0 Å². The summed E-state index contributed by atoms with van der Waals surface area (Å²) in [6.45, 7) is -2.25. The molecule has 27 heavy (non-hydrogen) atoms. The topological polar surface area (TPSA) is 233 Å². The molecule has 0 spiro atoms. The van der Waals surface area contributed by atoms with Crippen LogP contribution in [0.15, 0.2) is 0 Å². The van der Waals surface area contributed by atoms with Crippen molar-refractivity contribution in [2.24, 2.45) is 0 Å². The number of hydrogen-bond donors (Lipinski definition) is 7. The van der Waals surface area contributed by atoms with Gasteiger partial charge in [0.15, 0.2) is 0 Å². The molecule has 0 saturated carbocycles. The van der Waals surface area contributed by atoms with Crippen LogP contribution in [0.4, 0.5) is 0 Å². The largest absolute Gasteiger partial charge is 1.00 e. The molecule has 0 aliphatic rings. The van der Waals surface area contributed by atoms with Crippen molar-refractivity contribution in [1.29, 1.82) is 0 Å². The van der Waals surface area contributed by atoms with Crippen molar-refractivity contribution in [1.82, 2.24) is 9.80 Å². The van der Waals surface area contributed by atoms with E-state index in [0.29, 0.717) is 0 Å². The molecule has 0 atom stereocenters. The normalized spacial score (nSPS) is 10.1. The number of aliphatic carboxylic acids is 4. The molecule has 0 radical (unpaired) electrons. The number of rotatable bonds is 11. The summed E-state index contributed by atoms with van der Waals surface area (Å²) in [5, 5.41) is 34.5. The van der Waals surface area contributed by atoms with Crippen LogP contribution in [0.2, 0.25) is 0 Å². The molecule has 0 heterocycles. The Morgan fingerprint density at radius 2 is 0.741 bits per heavy atom. The fourth-order valence-electron chi connectivity index (χ4n) is 1.48. The molecule has 17 heteroatoms. The molecule has 7 N–H and O–H groups in total. The van der Waals surface area contributed by atoms with Crippen LogP contribution < -0.4 is 59.1 Å². The van der Waals surface area contributed by atoms with Crippen molar-refractivity contribution in [3.63, 3.8) is 0 Å². The van der Waals surface area contributed by atoms with Crippen LogP contribution in [0.25, 0.3) is 0 Å². The summed E-state index contributed by atoms with van der Waals surface area (Å²) >= 11 is 0. The molecule has 14 nitrogen and oxygen atoms in total. The van der Waals surface area contributed by atoms with E-state index >= 15 is 0 Å². The first kappa shape index (κ1) is 34.4. The van der Waals surface area contributed by atoms with Gasteiger partial charge in [-0.1, -0.05) is 0 Å². The second-order valence-corrected chi connectivity index (χ2v) is 5.54. The summed E-state index contributed by atoms with van der Waals surface area (Å²) < 4.78 is 8.88. The third kappa shape index (κ3) is 33.9. The van der Waals surface area contributed by atoms with Crippen molar-refractivity contribution in [2.45, 2.75) is 0 Å². The van der Waals surface area contributed by atoms with Crippen molar-refractivity contribution in [2.75, 3.05) is 39.3 Å². The fourth-order valence-corrected chi connectivity index (χ4v) is 1.48. The standard InChI is InChI=1S/C10H16N2O8.2Na.H3O4P/c13-7(14)3-11(4-8(15)16)1-2-12(5-9(17)18)6-10(19)20;;;1-5(2,3)4/h1-6H2,(H,13,14)(H,15,16)(H,17,18)(H,19,20);;;(H3,1,2,3,4)/q;2*+1;. The maximum absolute atomic E-state index is 10.6. The Labute approximate surface area is 197 Å². The van der Waals surface area contributed by atoms with E-state index in [1.165, 1.54) is 0 Å². The van der Waals surface area contributed by atoms with E-state index in [-0.39, 0.29) is 72.2 Å². The van der Waals surface area contributed by atoms with Gasteiger partial charge >= 0.3 is 90.8 Å². The van der Waals surface area contributed by atoms with Crippen LogP contribution in [0.1, 0.15) is 0 Å². The second kappa shape index (κ2) is 18.0. The summed E-state index contributed by atoms with van der Waals surface area (Å²) in [5.74, 6) is -4.91. The summed E-state index contributed by atoms with van der Waals surface area (Å²) in [4.78, 5) is 65.9. The maximum atomic E-state index is 10.6. The molecule has 0 rings (SSSR count). The second-order valence-electron chi connectivity index (χ2n) is 4.51. The van der Waals surface area contributed by atoms with Gasteiger partial charge in [0.2, 0.25) is 0 Å². The van der Waals surface area contributed by atoms with Crippen LogP contribution in [-0.4, -0.2) is 108 Å².